The fourth-order valence-electron chi connectivity index (χ4n) is 5.20. The van der Waals surface area contributed by atoms with Crippen molar-refractivity contribution in [1.82, 2.24) is 13.7 Å². The Bertz CT molecular complexity index is 1870. The average Bonchev–Trinajstić information content (AvgIpc) is 3.71. The molecule has 1 N–H and O–H groups in total. The van der Waals surface area contributed by atoms with Crippen LogP contribution in [-0.2, 0) is 11.8 Å². The van der Waals surface area contributed by atoms with Gasteiger partial charge in [0.25, 0.3) is 11.1 Å². The molecule has 5 rings (SSSR count). The summed E-state index contributed by atoms with van der Waals surface area (Å²) < 4.78 is 19.4. The standard InChI is InChI=1S/C29H29FIN5O4/c1-15(2)34(17(4)37)20-7-6-8-21(14-20)35-25-16(3)27(38)33(5)26(32-23-12-9-18(31)13-22(23)30)24(25)28(39)36(29(35)40)19-10-11-19/h6-9,12-15,19,32H,10-11H2,1-5H3. The fraction of sp³-hybridized carbons (Fsp3) is 0.310. The third-order valence-corrected chi connectivity index (χ3v) is 7.83. The molecule has 0 atom stereocenters. The molecule has 0 bridgehead atoms. The van der Waals surface area contributed by atoms with Crippen LogP contribution in [0.25, 0.3) is 16.6 Å². The van der Waals surface area contributed by atoms with Crippen LogP contribution >= 0.6 is 22.6 Å². The number of halogens is 2. The zero-order valence-corrected chi connectivity index (χ0v) is 24.9. The Morgan fingerprint density at radius 1 is 1.10 bits per heavy atom. The maximum Gasteiger partial charge on any atom is 0.336 e. The van der Waals surface area contributed by atoms with Crippen molar-refractivity contribution >= 4 is 56.6 Å². The number of amides is 1. The molecule has 2 heterocycles. The van der Waals surface area contributed by atoms with Crippen LogP contribution in [0.3, 0.4) is 0 Å². The molecule has 1 amide bonds. The van der Waals surface area contributed by atoms with Crippen LogP contribution in [0.2, 0.25) is 0 Å². The molecule has 1 saturated carbocycles. The average molecular weight is 657 g/mol. The number of nitrogens with one attached hydrogen (secondary N) is 1. The van der Waals surface area contributed by atoms with Crippen LogP contribution in [0, 0.1) is 16.3 Å². The lowest BCUT2D eigenvalue weighted by Gasteiger charge is -2.26. The van der Waals surface area contributed by atoms with E-state index in [4.69, 9.17) is 0 Å². The molecule has 0 spiro atoms. The number of fused-ring (bicyclic) bond motifs is 1. The summed E-state index contributed by atoms with van der Waals surface area (Å²) in [5, 5.41) is 3.07. The second-order valence-corrected chi connectivity index (χ2v) is 11.6. The molecule has 1 aliphatic rings. The third kappa shape index (κ3) is 4.65. The van der Waals surface area contributed by atoms with E-state index in [1.807, 2.05) is 36.4 Å². The van der Waals surface area contributed by atoms with Gasteiger partial charge in [0.05, 0.1) is 16.9 Å². The molecular weight excluding hydrogens is 628 g/mol. The second-order valence-electron chi connectivity index (χ2n) is 10.3. The number of aromatic nitrogens is 3. The van der Waals surface area contributed by atoms with E-state index in [0.717, 1.165) is 0 Å². The van der Waals surface area contributed by atoms with Crippen LogP contribution in [-0.4, -0.2) is 25.7 Å². The first-order valence-corrected chi connectivity index (χ1v) is 14.0. The van der Waals surface area contributed by atoms with Gasteiger partial charge in [0.2, 0.25) is 5.91 Å². The highest BCUT2D eigenvalue weighted by atomic mass is 127. The first-order chi connectivity index (χ1) is 18.9. The third-order valence-electron chi connectivity index (χ3n) is 7.16. The van der Waals surface area contributed by atoms with E-state index in [1.54, 1.807) is 42.2 Å². The van der Waals surface area contributed by atoms with Crippen molar-refractivity contribution < 1.29 is 9.18 Å². The molecule has 208 valence electrons. The van der Waals surface area contributed by atoms with Crippen molar-refractivity contribution in [1.29, 1.82) is 0 Å². The molecule has 0 saturated heterocycles. The number of nitrogens with zero attached hydrogens (tertiary/aromatic N) is 4. The molecule has 9 nitrogen and oxygen atoms in total. The van der Waals surface area contributed by atoms with Crippen molar-refractivity contribution in [2.75, 3.05) is 10.2 Å². The summed E-state index contributed by atoms with van der Waals surface area (Å²) >= 11 is 2.00. The van der Waals surface area contributed by atoms with Crippen molar-refractivity contribution in [2.45, 2.75) is 52.6 Å². The zero-order valence-electron chi connectivity index (χ0n) is 22.8. The van der Waals surface area contributed by atoms with Gasteiger partial charge in [-0.05, 0) is 92.6 Å². The number of benzene rings is 2. The zero-order chi connectivity index (χ0) is 29.0. The minimum atomic E-state index is -0.571. The summed E-state index contributed by atoms with van der Waals surface area (Å²) in [6.45, 7) is 6.81. The van der Waals surface area contributed by atoms with Gasteiger partial charge in [-0.2, -0.15) is 0 Å². The van der Waals surface area contributed by atoms with Gasteiger partial charge in [0.1, 0.15) is 17.0 Å². The van der Waals surface area contributed by atoms with Gasteiger partial charge < -0.3 is 10.2 Å². The van der Waals surface area contributed by atoms with Crippen LogP contribution in [0.1, 0.15) is 45.2 Å². The van der Waals surface area contributed by atoms with Crippen molar-refractivity contribution in [2.24, 2.45) is 7.05 Å². The summed E-state index contributed by atoms with van der Waals surface area (Å²) in [7, 11) is 1.51. The molecule has 1 fully saturated rings. The molecule has 40 heavy (non-hydrogen) atoms. The van der Waals surface area contributed by atoms with Crippen LogP contribution in [0.5, 0.6) is 0 Å². The van der Waals surface area contributed by atoms with E-state index in [-0.39, 0.29) is 46.0 Å². The highest BCUT2D eigenvalue weighted by Gasteiger charge is 2.32. The maximum absolute atomic E-state index is 14.9. The monoisotopic (exact) mass is 657 g/mol. The molecule has 11 heteroatoms. The Kier molecular flexibility index (Phi) is 7.19. The summed E-state index contributed by atoms with van der Waals surface area (Å²) in [4.78, 5) is 55.5. The Morgan fingerprint density at radius 3 is 2.40 bits per heavy atom. The fourth-order valence-corrected chi connectivity index (χ4v) is 5.65. The molecular formula is C29H29FIN5O4. The molecule has 0 unspecified atom stereocenters. The van der Waals surface area contributed by atoms with Gasteiger partial charge in [-0.3, -0.25) is 28.1 Å². The summed E-state index contributed by atoms with van der Waals surface area (Å²) in [6, 6.07) is 11.1. The minimum Gasteiger partial charge on any atom is -0.338 e. The summed E-state index contributed by atoms with van der Waals surface area (Å²) in [6.07, 6.45) is 1.34. The van der Waals surface area contributed by atoms with Gasteiger partial charge in [-0.1, -0.05) is 6.07 Å². The Hall–Kier alpha value is -3.74. The molecule has 0 aliphatic heterocycles. The van der Waals surface area contributed by atoms with E-state index in [9.17, 15) is 23.6 Å². The number of rotatable bonds is 6. The normalized spacial score (nSPS) is 13.2. The number of anilines is 3. The maximum atomic E-state index is 14.9. The van der Waals surface area contributed by atoms with Gasteiger partial charge in [-0.15, -0.1) is 0 Å². The predicted octanol–water partition coefficient (Wildman–Crippen LogP) is 4.74. The topological polar surface area (TPSA) is 98.3 Å². The molecule has 4 aromatic rings. The quantitative estimate of drug-likeness (QED) is 0.302. The van der Waals surface area contributed by atoms with E-state index in [2.05, 4.69) is 5.32 Å². The number of carbonyl (C=O) groups excluding carboxylic acids is 1. The highest BCUT2D eigenvalue weighted by molar-refractivity contribution is 14.1. The van der Waals surface area contributed by atoms with Gasteiger partial charge in [-0.25, -0.2) is 9.18 Å². The SMILES string of the molecule is CC(=O)N(c1cccc(-n2c(=O)n(C3CC3)c(=O)c3c(Nc4ccc(I)cc4F)n(C)c(=O)c(C)c32)c1)C(C)C. The lowest BCUT2D eigenvalue weighted by molar-refractivity contribution is -0.116. The summed E-state index contributed by atoms with van der Waals surface area (Å²) in [5.41, 5.74) is -0.163. The molecule has 2 aromatic carbocycles. The molecule has 2 aromatic heterocycles. The van der Waals surface area contributed by atoms with Crippen LogP contribution in [0.4, 0.5) is 21.6 Å². The van der Waals surface area contributed by atoms with Gasteiger partial charge in [0, 0.05) is 40.9 Å². The first-order valence-electron chi connectivity index (χ1n) is 13.0. The number of carbonyl (C=O) groups is 1. The van der Waals surface area contributed by atoms with Crippen molar-refractivity contribution in [3.05, 3.63) is 88.6 Å². The smallest absolute Gasteiger partial charge is 0.336 e. The Balaban J connectivity index is 1.89. The number of aryl methyl sites for hydroxylation is 1. The van der Waals surface area contributed by atoms with E-state index < -0.39 is 22.6 Å². The predicted molar refractivity (Wildman–Crippen MR) is 163 cm³/mol. The number of hydrogen-bond acceptors (Lipinski definition) is 5. The Morgan fingerprint density at radius 2 is 1.80 bits per heavy atom. The Labute approximate surface area is 243 Å². The largest absolute Gasteiger partial charge is 0.338 e. The second kappa shape index (κ2) is 10.3. The van der Waals surface area contributed by atoms with Crippen molar-refractivity contribution in [3.8, 4) is 5.69 Å². The number of pyridine rings is 1. The van der Waals surface area contributed by atoms with E-state index in [1.165, 1.54) is 39.8 Å². The lowest BCUT2D eigenvalue weighted by atomic mass is 10.1. The number of hydrogen-bond donors (Lipinski definition) is 1. The first kappa shape index (κ1) is 27.8. The van der Waals surface area contributed by atoms with Crippen LogP contribution < -0.4 is 27.0 Å². The molecule has 0 radical (unpaired) electrons. The summed E-state index contributed by atoms with van der Waals surface area (Å²) in [5.74, 6) is -0.624. The molecule has 1 aliphatic carbocycles. The van der Waals surface area contributed by atoms with Crippen molar-refractivity contribution in [3.63, 3.8) is 0 Å². The van der Waals surface area contributed by atoms with Gasteiger partial charge >= 0.3 is 5.69 Å². The van der Waals surface area contributed by atoms with Crippen LogP contribution in [0.15, 0.2) is 56.8 Å². The highest BCUT2D eigenvalue weighted by Crippen LogP contribution is 2.34. The minimum absolute atomic E-state index is 0.0857. The lowest BCUT2D eigenvalue weighted by Crippen LogP contribution is -2.41. The van der Waals surface area contributed by atoms with Gasteiger partial charge in [0.15, 0.2) is 0 Å². The van der Waals surface area contributed by atoms with E-state index in [0.29, 0.717) is 27.8 Å². The van der Waals surface area contributed by atoms with E-state index >= 15 is 0 Å².